The van der Waals surface area contributed by atoms with Crippen molar-refractivity contribution in [3.63, 3.8) is 0 Å². The number of rotatable bonds is 3. The molecule has 0 aliphatic carbocycles. The molecule has 1 fully saturated rings. The van der Waals surface area contributed by atoms with Crippen molar-refractivity contribution in [1.82, 2.24) is 10.2 Å². The van der Waals surface area contributed by atoms with E-state index in [4.69, 9.17) is 16.0 Å². The van der Waals surface area contributed by atoms with Gasteiger partial charge in [-0.2, -0.15) is 8.42 Å². The Labute approximate surface area is 130 Å². The fraction of sp³-hybridized carbons (Fsp3) is 0.778. The maximum atomic E-state index is 11.0. The number of nitrogens with two attached hydrogens (primary N) is 2. The molecule has 0 radical (unpaired) electrons. The van der Waals surface area contributed by atoms with Crippen molar-refractivity contribution in [2.75, 3.05) is 13.2 Å². The van der Waals surface area contributed by atoms with Crippen LogP contribution in [0.25, 0.3) is 0 Å². The smallest absolute Gasteiger partial charge is 0.394 e. The quantitative estimate of drug-likeness (QED) is 0.176. The van der Waals surface area contributed by atoms with E-state index < -0.39 is 53.2 Å². The monoisotopic (exact) mass is 353 g/mol. The highest BCUT2D eigenvalue weighted by Crippen LogP contribution is 2.42. The Morgan fingerprint density at radius 2 is 2.13 bits per heavy atom. The first kappa shape index (κ1) is 16.2. The lowest BCUT2D eigenvalue weighted by Crippen LogP contribution is -2.90. The number of hydrogen-bond donors (Lipinski definition) is 8. The van der Waals surface area contributed by atoms with E-state index in [2.05, 4.69) is 19.5 Å². The average molecular weight is 353 g/mol. The maximum Gasteiger partial charge on any atom is 0.397 e. The fourth-order valence-corrected chi connectivity index (χ4v) is 3.87. The summed E-state index contributed by atoms with van der Waals surface area (Å²) in [6.07, 6.45) is -1.79. The Hall–Kier alpha value is -1.71. The summed E-state index contributed by atoms with van der Waals surface area (Å²) in [4.78, 5) is 7.89. The van der Waals surface area contributed by atoms with E-state index in [0.717, 1.165) is 4.90 Å². The SMILES string of the molecule is NC1=N[C@@H](CO)[C@@H]2[NH+]=C(N)N[C@]23N1C[C@@H](OS(=O)(=O)O)C3(O)O. The standard InChI is InChI=1S/C9H16N6O7S/c10-6-13-5-3(2-16)12-7(11)15-1-4(22-23(19,20)21)9(17,18)8(5,15)14-6/h3-5,16-18H,1-2H2,(H2,11,12)(H3,10,13,14)(H,19,20,21)/p+1/t3-,4+,5-,8-/m0/s1. The third-order valence-corrected chi connectivity index (χ3v) is 4.73. The highest BCUT2D eigenvalue weighted by Gasteiger charge is 2.77. The van der Waals surface area contributed by atoms with Gasteiger partial charge in [-0.15, -0.1) is 0 Å². The summed E-state index contributed by atoms with van der Waals surface area (Å²) in [6, 6.07) is -1.84. The fourth-order valence-electron chi connectivity index (χ4n) is 3.38. The second-order valence-corrected chi connectivity index (χ2v) is 6.56. The van der Waals surface area contributed by atoms with Gasteiger partial charge in [0.15, 0.2) is 18.1 Å². The molecule has 10 N–H and O–H groups in total. The lowest BCUT2D eigenvalue weighted by atomic mass is 9.86. The number of aliphatic hydroxyl groups is 3. The summed E-state index contributed by atoms with van der Waals surface area (Å²) >= 11 is 0. The minimum atomic E-state index is -4.97. The highest BCUT2D eigenvalue weighted by molar-refractivity contribution is 7.80. The molecular weight excluding hydrogens is 336 g/mol. The van der Waals surface area contributed by atoms with Crippen molar-refractivity contribution in [2.45, 2.75) is 29.6 Å². The zero-order chi connectivity index (χ0) is 17.2. The first-order valence-electron chi connectivity index (χ1n) is 6.52. The number of aliphatic hydroxyl groups excluding tert-OH is 1. The van der Waals surface area contributed by atoms with Gasteiger partial charge in [0.25, 0.3) is 11.4 Å². The van der Waals surface area contributed by atoms with Crippen LogP contribution < -0.4 is 21.8 Å². The molecule has 0 bridgehead atoms. The van der Waals surface area contributed by atoms with Crippen molar-refractivity contribution < 1.29 is 37.5 Å². The Balaban J connectivity index is 2.11. The van der Waals surface area contributed by atoms with Crippen LogP contribution >= 0.6 is 0 Å². The number of nitrogens with zero attached hydrogens (tertiary/aromatic N) is 2. The minimum absolute atomic E-state index is 0.0525. The maximum absolute atomic E-state index is 11.0. The molecule has 0 aromatic carbocycles. The van der Waals surface area contributed by atoms with Crippen molar-refractivity contribution in [3.05, 3.63) is 0 Å². The highest BCUT2D eigenvalue weighted by atomic mass is 32.3. The van der Waals surface area contributed by atoms with Crippen LogP contribution in [0.15, 0.2) is 4.99 Å². The summed E-state index contributed by atoms with van der Waals surface area (Å²) in [5.41, 5.74) is 9.61. The Kier molecular flexibility index (Phi) is 3.27. The van der Waals surface area contributed by atoms with Crippen LogP contribution in [0.3, 0.4) is 0 Å². The minimum Gasteiger partial charge on any atom is -0.394 e. The Morgan fingerprint density at radius 3 is 2.70 bits per heavy atom. The zero-order valence-corrected chi connectivity index (χ0v) is 12.4. The summed E-state index contributed by atoms with van der Waals surface area (Å²) in [5, 5.41) is 33.2. The largest absolute Gasteiger partial charge is 0.397 e. The normalized spacial score (nSPS) is 38.4. The van der Waals surface area contributed by atoms with E-state index in [9.17, 15) is 23.7 Å². The Morgan fingerprint density at radius 1 is 1.48 bits per heavy atom. The number of aliphatic imine (C=N–C) groups is 1. The molecule has 4 atom stereocenters. The molecule has 3 aliphatic rings. The van der Waals surface area contributed by atoms with Gasteiger partial charge in [0.2, 0.25) is 0 Å². The third kappa shape index (κ3) is 2.07. The average Bonchev–Trinajstić information content (AvgIpc) is 2.86. The van der Waals surface area contributed by atoms with Gasteiger partial charge >= 0.3 is 16.4 Å². The van der Waals surface area contributed by atoms with Crippen LogP contribution in [0.4, 0.5) is 0 Å². The van der Waals surface area contributed by atoms with Crippen LogP contribution in [-0.4, -0.2) is 87.9 Å². The first-order chi connectivity index (χ1) is 10.5. The van der Waals surface area contributed by atoms with E-state index in [-0.39, 0.29) is 11.9 Å². The molecular formula is C9H17N6O7S+. The third-order valence-electron chi connectivity index (χ3n) is 4.25. The molecule has 0 saturated carbocycles. The number of guanidine groups is 2. The lowest BCUT2D eigenvalue weighted by Gasteiger charge is -2.45. The van der Waals surface area contributed by atoms with Gasteiger partial charge in [-0.1, -0.05) is 0 Å². The molecule has 1 saturated heterocycles. The summed E-state index contributed by atoms with van der Waals surface area (Å²) < 4.78 is 35.1. The van der Waals surface area contributed by atoms with E-state index in [1.54, 1.807) is 0 Å². The van der Waals surface area contributed by atoms with Crippen LogP contribution in [0, 0.1) is 0 Å². The van der Waals surface area contributed by atoms with Gasteiger partial charge < -0.3 is 21.1 Å². The van der Waals surface area contributed by atoms with Crippen LogP contribution in [-0.2, 0) is 14.6 Å². The predicted molar refractivity (Wildman–Crippen MR) is 72.6 cm³/mol. The molecule has 0 amide bonds. The first-order valence-corrected chi connectivity index (χ1v) is 7.89. The van der Waals surface area contributed by atoms with Gasteiger partial charge in [-0.3, -0.25) is 20.2 Å². The van der Waals surface area contributed by atoms with Gasteiger partial charge in [-0.05, 0) is 0 Å². The molecule has 3 aliphatic heterocycles. The van der Waals surface area contributed by atoms with E-state index >= 15 is 0 Å². The van der Waals surface area contributed by atoms with Crippen LogP contribution in [0.2, 0.25) is 0 Å². The molecule has 1 spiro atoms. The summed E-state index contributed by atoms with van der Waals surface area (Å²) in [6.45, 7) is -0.901. The second kappa shape index (κ2) is 4.65. The molecule has 0 unspecified atom stereocenters. The second-order valence-electron chi connectivity index (χ2n) is 5.51. The molecule has 14 heteroatoms. The van der Waals surface area contributed by atoms with Gasteiger partial charge in [0, 0.05) is 0 Å². The van der Waals surface area contributed by atoms with Crippen LogP contribution in [0.1, 0.15) is 0 Å². The Bertz CT molecular complexity index is 693. The van der Waals surface area contributed by atoms with E-state index in [1.165, 1.54) is 0 Å². The predicted octanol–water partition coefficient (Wildman–Crippen LogP) is -7.08. The van der Waals surface area contributed by atoms with Gasteiger partial charge in [0.1, 0.15) is 6.04 Å². The van der Waals surface area contributed by atoms with E-state index in [0.29, 0.717) is 0 Å². The van der Waals surface area contributed by atoms with Crippen molar-refractivity contribution in [2.24, 2.45) is 16.5 Å². The van der Waals surface area contributed by atoms with E-state index in [1.807, 2.05) is 0 Å². The van der Waals surface area contributed by atoms with Gasteiger partial charge in [-0.25, -0.2) is 14.5 Å². The van der Waals surface area contributed by atoms with Crippen LogP contribution in [0.5, 0.6) is 0 Å². The molecule has 0 aromatic rings. The van der Waals surface area contributed by atoms with Crippen molar-refractivity contribution >= 4 is 22.3 Å². The topological polar surface area (TPSA) is 218 Å². The summed E-state index contributed by atoms with van der Waals surface area (Å²) in [7, 11) is -4.97. The molecule has 130 valence electrons. The summed E-state index contributed by atoms with van der Waals surface area (Å²) in [5.74, 6) is -3.09. The zero-order valence-electron chi connectivity index (χ0n) is 11.6. The lowest BCUT2D eigenvalue weighted by molar-refractivity contribution is -0.523. The molecule has 0 aromatic heterocycles. The van der Waals surface area contributed by atoms with Crippen molar-refractivity contribution in [1.29, 1.82) is 0 Å². The molecule has 3 rings (SSSR count). The molecule has 23 heavy (non-hydrogen) atoms. The van der Waals surface area contributed by atoms with Crippen molar-refractivity contribution in [3.8, 4) is 0 Å². The number of hydrogen-bond acceptors (Lipinski definition) is 11. The molecule has 13 nitrogen and oxygen atoms in total. The number of nitrogens with one attached hydrogen (secondary N) is 2. The molecule has 3 heterocycles. The van der Waals surface area contributed by atoms with Gasteiger partial charge in [0.05, 0.1) is 13.2 Å².